The van der Waals surface area contributed by atoms with Crippen LogP contribution in [0.2, 0.25) is 0 Å². The summed E-state index contributed by atoms with van der Waals surface area (Å²) in [5.74, 6) is -0.102. The molecule has 0 aromatic heterocycles. The van der Waals surface area contributed by atoms with Crippen molar-refractivity contribution >= 4 is 57.5 Å². The molecule has 0 amide bonds. The first-order chi connectivity index (χ1) is 31.7. The molecule has 0 aliphatic rings. The fraction of sp³-hybridized carbons (Fsp3) is 0.267. The zero-order valence-corrected chi connectivity index (χ0v) is 40.8. The van der Waals surface area contributed by atoms with E-state index in [4.69, 9.17) is 0 Å². The Morgan fingerprint density at radius 2 is 0.485 bits per heavy atom. The molecule has 0 saturated carbocycles. The first kappa shape index (κ1) is 47.2. The molecule has 8 nitrogen and oxygen atoms in total. The van der Waals surface area contributed by atoms with E-state index in [1.54, 1.807) is 48.5 Å². The van der Waals surface area contributed by atoms with Gasteiger partial charge in [0.2, 0.25) is 0 Å². The molecule has 0 saturated heterocycles. The third-order valence-electron chi connectivity index (χ3n) is 13.4. The zero-order chi connectivity index (χ0) is 49.7. The molecule has 0 aliphatic carbocycles. The summed E-state index contributed by atoms with van der Waals surface area (Å²) in [6.45, 7) is 23.5. The summed E-state index contributed by atoms with van der Waals surface area (Å²) >= 11 is 0. The van der Waals surface area contributed by atoms with E-state index in [-0.39, 0.29) is 23.0 Å². The standard InChI is InChI=1S/C60H58O8/c1-57(2,3)47-21-31(27-61)17-43(53(47)65)39-25-40(44-18-32(28-62)22-48(54(44)66)58(4,5)6)36-15-16-38-42(46-20-34(30-64)24-50(56(46)68)60(10,11)12)26-41(37-14-13-35(39)51(36)52(37)38)45-19-33(29-63)23-49(55(45)67)59(7,8)9/h13-30,65-68H,1-12H3. The number of aldehydes is 4. The van der Waals surface area contributed by atoms with Crippen LogP contribution < -0.4 is 0 Å². The van der Waals surface area contributed by atoms with Gasteiger partial charge in [-0.25, -0.2) is 0 Å². The fourth-order valence-corrected chi connectivity index (χ4v) is 9.89. The zero-order valence-electron chi connectivity index (χ0n) is 40.8. The lowest BCUT2D eigenvalue weighted by Crippen LogP contribution is -2.13. The summed E-state index contributed by atoms with van der Waals surface area (Å²) in [4.78, 5) is 50.7. The molecule has 68 heavy (non-hydrogen) atoms. The molecule has 8 heteroatoms. The number of hydrogen-bond donors (Lipinski definition) is 4. The van der Waals surface area contributed by atoms with Gasteiger partial charge in [-0.3, -0.25) is 19.2 Å². The lowest BCUT2D eigenvalue weighted by molar-refractivity contribution is 0.111. The van der Waals surface area contributed by atoms with Gasteiger partial charge >= 0.3 is 0 Å². The van der Waals surface area contributed by atoms with Crippen molar-refractivity contribution in [3.63, 3.8) is 0 Å². The number of carbonyl (C=O) groups excluding carboxylic acids is 4. The van der Waals surface area contributed by atoms with Crippen LogP contribution in [0, 0.1) is 0 Å². The van der Waals surface area contributed by atoms with E-state index in [9.17, 15) is 39.6 Å². The molecule has 0 heterocycles. The highest BCUT2D eigenvalue weighted by Crippen LogP contribution is 2.54. The maximum Gasteiger partial charge on any atom is 0.150 e. The van der Waals surface area contributed by atoms with Crippen molar-refractivity contribution in [2.45, 2.75) is 105 Å². The Morgan fingerprint density at radius 1 is 0.294 bits per heavy atom. The second kappa shape index (κ2) is 16.2. The quantitative estimate of drug-likeness (QED) is 0.0870. The summed E-state index contributed by atoms with van der Waals surface area (Å²) in [6, 6.07) is 24.9. The SMILES string of the molecule is CC(C)(C)c1cc(C=O)cc(-c2cc(-c3cc(C=O)cc(C(C)(C)C)c3O)c3ccc4c(-c5cc(C=O)cc(C(C)(C)C)c5O)cc(-c5cc(C=O)cc(C(C)(C)C)c5O)c5ccc2c3c54)c1O. The van der Waals surface area contributed by atoms with Gasteiger partial charge < -0.3 is 20.4 Å². The largest absolute Gasteiger partial charge is 0.507 e. The van der Waals surface area contributed by atoms with E-state index in [2.05, 4.69) is 0 Å². The van der Waals surface area contributed by atoms with E-state index in [1.165, 1.54) is 0 Å². The monoisotopic (exact) mass is 906 g/mol. The molecule has 0 atom stereocenters. The van der Waals surface area contributed by atoms with Crippen molar-refractivity contribution < 1.29 is 39.6 Å². The molecule has 0 fully saturated rings. The molecule has 8 rings (SSSR count). The van der Waals surface area contributed by atoms with Gasteiger partial charge in [-0.1, -0.05) is 107 Å². The number of carbonyl (C=O) groups is 4. The number of phenols is 4. The topological polar surface area (TPSA) is 149 Å². The van der Waals surface area contributed by atoms with Gasteiger partial charge in [-0.05, 0) is 137 Å². The van der Waals surface area contributed by atoms with Crippen LogP contribution in [-0.2, 0) is 21.7 Å². The Kier molecular flexibility index (Phi) is 11.2. The van der Waals surface area contributed by atoms with Crippen LogP contribution in [0.3, 0.4) is 0 Å². The molecule has 0 aliphatic heterocycles. The van der Waals surface area contributed by atoms with Crippen LogP contribution in [0.25, 0.3) is 76.8 Å². The predicted molar refractivity (Wildman–Crippen MR) is 275 cm³/mol. The number of hydrogen-bond acceptors (Lipinski definition) is 8. The molecule has 346 valence electrons. The van der Waals surface area contributed by atoms with Crippen LogP contribution in [0.15, 0.2) is 84.9 Å². The van der Waals surface area contributed by atoms with Crippen LogP contribution in [0.1, 0.15) is 147 Å². The van der Waals surface area contributed by atoms with Crippen molar-refractivity contribution in [2.24, 2.45) is 0 Å². The van der Waals surface area contributed by atoms with Gasteiger partial charge in [0.25, 0.3) is 0 Å². The van der Waals surface area contributed by atoms with Crippen LogP contribution in [-0.4, -0.2) is 45.6 Å². The van der Waals surface area contributed by atoms with Crippen LogP contribution in [0.5, 0.6) is 23.0 Å². The average Bonchev–Trinajstić information content (AvgIpc) is 3.26. The fourth-order valence-electron chi connectivity index (χ4n) is 9.89. The highest BCUT2D eigenvalue weighted by Gasteiger charge is 2.31. The number of benzene rings is 8. The average molecular weight is 907 g/mol. The Hall–Kier alpha value is -7.32. The van der Waals surface area contributed by atoms with Crippen molar-refractivity contribution in [3.8, 4) is 67.5 Å². The van der Waals surface area contributed by atoms with E-state index < -0.39 is 21.7 Å². The van der Waals surface area contributed by atoms with E-state index in [1.807, 2.05) is 119 Å². The summed E-state index contributed by atoms with van der Waals surface area (Å²) < 4.78 is 0. The van der Waals surface area contributed by atoms with Gasteiger partial charge in [0, 0.05) is 66.8 Å². The van der Waals surface area contributed by atoms with Crippen molar-refractivity contribution in [3.05, 3.63) is 129 Å². The Bertz CT molecular complexity index is 2990. The second-order valence-corrected chi connectivity index (χ2v) is 22.3. The molecule has 0 radical (unpaired) electrons. The summed E-state index contributed by atoms with van der Waals surface area (Å²) in [5, 5.41) is 53.5. The minimum Gasteiger partial charge on any atom is -0.507 e. The lowest BCUT2D eigenvalue weighted by atomic mass is 9.77. The summed E-state index contributed by atoms with van der Waals surface area (Å²) in [5.41, 5.74) is 4.91. The number of rotatable bonds is 8. The third-order valence-corrected chi connectivity index (χ3v) is 13.4. The summed E-state index contributed by atoms with van der Waals surface area (Å²) in [7, 11) is 0. The highest BCUT2D eigenvalue weighted by atomic mass is 16.3. The molecule has 0 spiro atoms. The predicted octanol–water partition coefficient (Wildman–Crippen LogP) is 14.5. The van der Waals surface area contributed by atoms with Crippen molar-refractivity contribution in [2.75, 3.05) is 0 Å². The minimum atomic E-state index is -0.583. The third kappa shape index (κ3) is 7.75. The number of aromatic hydroxyl groups is 4. The van der Waals surface area contributed by atoms with Gasteiger partial charge in [0.1, 0.15) is 48.1 Å². The molecule has 0 bridgehead atoms. The molecular formula is C60H58O8. The summed E-state index contributed by atoms with van der Waals surface area (Å²) in [6.07, 6.45) is 3.00. The van der Waals surface area contributed by atoms with Crippen molar-refractivity contribution in [1.82, 2.24) is 0 Å². The van der Waals surface area contributed by atoms with Crippen molar-refractivity contribution in [1.29, 1.82) is 0 Å². The van der Waals surface area contributed by atoms with Gasteiger partial charge in [0.15, 0.2) is 0 Å². The second-order valence-electron chi connectivity index (χ2n) is 22.3. The van der Waals surface area contributed by atoms with Crippen LogP contribution >= 0.6 is 0 Å². The Labute approximate surface area is 397 Å². The Morgan fingerprint density at radius 3 is 0.647 bits per heavy atom. The molecule has 8 aromatic rings. The number of phenolic OH excluding ortho intramolecular Hbond substituents is 4. The van der Waals surface area contributed by atoms with E-state index in [0.717, 1.165) is 25.1 Å². The lowest BCUT2D eigenvalue weighted by Gasteiger charge is -2.27. The van der Waals surface area contributed by atoms with E-state index in [0.29, 0.717) is 121 Å². The first-order valence-corrected chi connectivity index (χ1v) is 22.8. The maximum atomic E-state index is 12.7. The smallest absolute Gasteiger partial charge is 0.150 e. The highest BCUT2D eigenvalue weighted by molar-refractivity contribution is 6.32. The Balaban J connectivity index is 1.69. The first-order valence-electron chi connectivity index (χ1n) is 22.8. The van der Waals surface area contributed by atoms with Crippen LogP contribution in [0.4, 0.5) is 0 Å². The normalized spacial score (nSPS) is 12.6. The molecule has 4 N–H and O–H groups in total. The van der Waals surface area contributed by atoms with E-state index >= 15 is 0 Å². The van der Waals surface area contributed by atoms with Gasteiger partial charge in [-0.2, -0.15) is 0 Å². The molecule has 8 aromatic carbocycles. The van der Waals surface area contributed by atoms with Gasteiger partial charge in [0.05, 0.1) is 0 Å². The minimum absolute atomic E-state index is 0.0256. The molecular weight excluding hydrogens is 849 g/mol. The maximum absolute atomic E-state index is 12.7. The molecule has 0 unspecified atom stereocenters. The van der Waals surface area contributed by atoms with Gasteiger partial charge in [-0.15, -0.1) is 0 Å².